The number of hydrogen-bond donors (Lipinski definition) is 1. The molecule has 0 radical (unpaired) electrons. The van der Waals surface area contributed by atoms with E-state index >= 15 is 0 Å². The Morgan fingerprint density at radius 2 is 1.54 bits per heavy atom. The molecule has 0 aliphatic heterocycles. The van der Waals surface area contributed by atoms with Crippen LogP contribution >= 0.6 is 11.6 Å². The summed E-state index contributed by atoms with van der Waals surface area (Å²) in [7, 11) is 1.66. The zero-order valence-corrected chi connectivity index (χ0v) is 15.0. The molecule has 0 fully saturated rings. The molecule has 1 N–H and O–H groups in total. The second-order valence-corrected chi connectivity index (χ2v) is 6.35. The van der Waals surface area contributed by atoms with E-state index in [1.165, 1.54) is 0 Å². The van der Waals surface area contributed by atoms with Gasteiger partial charge >= 0.3 is 0 Å². The topological polar surface area (TPSA) is 37.9 Å². The summed E-state index contributed by atoms with van der Waals surface area (Å²) >= 11 is 6.20. The van der Waals surface area contributed by atoms with E-state index in [1.54, 1.807) is 7.11 Å². The monoisotopic (exact) mass is 360 g/mol. The predicted molar refractivity (Wildman–Crippen MR) is 106 cm³/mol. The van der Waals surface area contributed by atoms with E-state index in [-0.39, 0.29) is 0 Å². The fourth-order valence-electron chi connectivity index (χ4n) is 2.94. The van der Waals surface area contributed by atoms with E-state index < -0.39 is 0 Å². The Labute approximate surface area is 157 Å². The van der Waals surface area contributed by atoms with Gasteiger partial charge in [0, 0.05) is 21.7 Å². The van der Waals surface area contributed by atoms with Gasteiger partial charge in [-0.2, -0.15) is 0 Å². The van der Waals surface area contributed by atoms with Crippen molar-refractivity contribution in [3.63, 3.8) is 0 Å². The van der Waals surface area contributed by atoms with E-state index in [4.69, 9.17) is 21.3 Å². The molecule has 0 aliphatic carbocycles. The highest BCUT2D eigenvalue weighted by molar-refractivity contribution is 6.30. The lowest BCUT2D eigenvalue weighted by Gasteiger charge is -2.03. The molecular formula is C22H17ClN2O. The first-order valence-corrected chi connectivity index (χ1v) is 8.68. The molecule has 0 unspecified atom stereocenters. The van der Waals surface area contributed by atoms with Crippen LogP contribution in [0.15, 0.2) is 78.9 Å². The number of nitrogens with one attached hydrogen (secondary N) is 1. The lowest BCUT2D eigenvalue weighted by atomic mass is 10.1. The zero-order valence-electron chi connectivity index (χ0n) is 14.2. The summed E-state index contributed by atoms with van der Waals surface area (Å²) in [5.74, 6) is 1.59. The van der Waals surface area contributed by atoms with Crippen molar-refractivity contribution in [2.45, 2.75) is 0 Å². The Hall–Kier alpha value is -3.04. The Balaban J connectivity index is 1.90. The molecule has 0 saturated heterocycles. The van der Waals surface area contributed by atoms with Crippen molar-refractivity contribution >= 4 is 11.6 Å². The number of rotatable bonds is 4. The van der Waals surface area contributed by atoms with E-state index in [0.29, 0.717) is 5.02 Å². The van der Waals surface area contributed by atoms with Crippen LogP contribution in [0.3, 0.4) is 0 Å². The number of halogens is 1. The first kappa shape index (κ1) is 16.4. The number of aromatic nitrogens is 2. The fraction of sp³-hybridized carbons (Fsp3) is 0.0455. The second kappa shape index (κ2) is 7.06. The number of imidazole rings is 1. The number of benzene rings is 3. The lowest BCUT2D eigenvalue weighted by molar-refractivity contribution is 0.415. The smallest absolute Gasteiger partial charge is 0.138 e. The molecule has 0 atom stereocenters. The summed E-state index contributed by atoms with van der Waals surface area (Å²) in [5, 5.41) is 0.687. The van der Waals surface area contributed by atoms with Crippen molar-refractivity contribution in [3.8, 4) is 39.7 Å². The minimum atomic E-state index is 0.687. The molecule has 4 rings (SSSR count). The maximum absolute atomic E-state index is 6.20. The molecule has 0 aliphatic rings. The standard InChI is InChI=1S/C22H17ClN2O/c1-26-19-12-6-10-17(14-19)22-24-20(15-7-3-2-4-8-15)21(25-22)16-9-5-11-18(23)13-16/h2-14H,1H3,(H,24,25). The number of aromatic amines is 1. The van der Waals surface area contributed by atoms with Crippen molar-refractivity contribution in [2.75, 3.05) is 7.11 Å². The highest BCUT2D eigenvalue weighted by Gasteiger charge is 2.15. The zero-order chi connectivity index (χ0) is 17.9. The maximum atomic E-state index is 6.20. The van der Waals surface area contributed by atoms with Crippen molar-refractivity contribution in [3.05, 3.63) is 83.9 Å². The minimum absolute atomic E-state index is 0.687. The largest absolute Gasteiger partial charge is 0.497 e. The molecule has 0 bridgehead atoms. The third kappa shape index (κ3) is 3.22. The van der Waals surface area contributed by atoms with E-state index in [0.717, 1.165) is 39.7 Å². The van der Waals surface area contributed by atoms with Gasteiger partial charge in [-0.3, -0.25) is 0 Å². The Bertz CT molecular complexity index is 1040. The van der Waals surface area contributed by atoms with Crippen molar-refractivity contribution in [2.24, 2.45) is 0 Å². The number of ether oxygens (including phenoxy) is 1. The van der Waals surface area contributed by atoms with Crippen LogP contribution in [-0.2, 0) is 0 Å². The fourth-order valence-corrected chi connectivity index (χ4v) is 3.13. The van der Waals surface area contributed by atoms with Crippen LogP contribution in [0.2, 0.25) is 5.02 Å². The maximum Gasteiger partial charge on any atom is 0.138 e. The van der Waals surface area contributed by atoms with Crippen molar-refractivity contribution in [1.82, 2.24) is 9.97 Å². The molecule has 4 heteroatoms. The van der Waals surface area contributed by atoms with Gasteiger partial charge in [0.25, 0.3) is 0 Å². The molecule has 128 valence electrons. The third-order valence-corrected chi connectivity index (χ3v) is 4.44. The normalized spacial score (nSPS) is 10.7. The van der Waals surface area contributed by atoms with Crippen LogP contribution in [0.4, 0.5) is 0 Å². The summed E-state index contributed by atoms with van der Waals surface area (Å²) in [4.78, 5) is 8.35. The van der Waals surface area contributed by atoms with Gasteiger partial charge < -0.3 is 9.72 Å². The van der Waals surface area contributed by atoms with Gasteiger partial charge in [0.15, 0.2) is 0 Å². The molecule has 0 spiro atoms. The van der Waals surface area contributed by atoms with Crippen molar-refractivity contribution in [1.29, 1.82) is 0 Å². The third-order valence-electron chi connectivity index (χ3n) is 4.21. The van der Waals surface area contributed by atoms with Gasteiger partial charge in [0.2, 0.25) is 0 Å². The SMILES string of the molecule is COc1cccc(-c2nc(-c3cccc(Cl)c3)c(-c3ccccc3)[nH]2)c1. The second-order valence-electron chi connectivity index (χ2n) is 5.92. The van der Waals surface area contributed by atoms with Crippen LogP contribution < -0.4 is 4.74 Å². The van der Waals surface area contributed by atoms with Gasteiger partial charge in [0.1, 0.15) is 11.6 Å². The Morgan fingerprint density at radius 1 is 0.808 bits per heavy atom. The van der Waals surface area contributed by atoms with E-state index in [2.05, 4.69) is 17.1 Å². The molecular weight excluding hydrogens is 344 g/mol. The van der Waals surface area contributed by atoms with Crippen LogP contribution in [-0.4, -0.2) is 17.1 Å². The summed E-state index contributed by atoms with van der Waals surface area (Å²) in [6, 6.07) is 25.8. The van der Waals surface area contributed by atoms with Gasteiger partial charge in [0.05, 0.1) is 18.5 Å². The first-order chi connectivity index (χ1) is 12.7. The van der Waals surface area contributed by atoms with Crippen LogP contribution in [0.5, 0.6) is 5.75 Å². The summed E-state index contributed by atoms with van der Waals surface area (Å²) in [6.07, 6.45) is 0. The molecule has 1 heterocycles. The summed E-state index contributed by atoms with van der Waals surface area (Å²) in [6.45, 7) is 0. The minimum Gasteiger partial charge on any atom is -0.497 e. The number of hydrogen-bond acceptors (Lipinski definition) is 2. The van der Waals surface area contributed by atoms with E-state index in [1.807, 2.05) is 66.7 Å². The molecule has 0 saturated carbocycles. The lowest BCUT2D eigenvalue weighted by Crippen LogP contribution is -1.85. The molecule has 0 amide bonds. The molecule has 1 aromatic heterocycles. The Morgan fingerprint density at radius 3 is 2.31 bits per heavy atom. The van der Waals surface area contributed by atoms with Crippen molar-refractivity contribution < 1.29 is 4.74 Å². The average Bonchev–Trinajstić information content (AvgIpc) is 3.14. The number of nitrogens with zero attached hydrogens (tertiary/aromatic N) is 1. The van der Waals surface area contributed by atoms with Gasteiger partial charge in [-0.1, -0.05) is 66.2 Å². The highest BCUT2D eigenvalue weighted by atomic mass is 35.5. The number of methoxy groups -OCH3 is 1. The van der Waals surface area contributed by atoms with Gasteiger partial charge in [-0.15, -0.1) is 0 Å². The van der Waals surface area contributed by atoms with Gasteiger partial charge in [-0.05, 0) is 24.3 Å². The van der Waals surface area contributed by atoms with Crippen LogP contribution in [0, 0.1) is 0 Å². The quantitative estimate of drug-likeness (QED) is 0.479. The van der Waals surface area contributed by atoms with Crippen LogP contribution in [0.1, 0.15) is 0 Å². The molecule has 4 aromatic rings. The molecule has 3 nitrogen and oxygen atoms in total. The molecule has 26 heavy (non-hydrogen) atoms. The highest BCUT2D eigenvalue weighted by Crippen LogP contribution is 2.34. The molecule has 3 aromatic carbocycles. The van der Waals surface area contributed by atoms with Gasteiger partial charge in [-0.25, -0.2) is 4.98 Å². The average molecular weight is 361 g/mol. The summed E-state index contributed by atoms with van der Waals surface area (Å²) in [5.41, 5.74) is 4.85. The van der Waals surface area contributed by atoms with Crippen LogP contribution in [0.25, 0.3) is 33.9 Å². The number of H-pyrrole nitrogens is 1. The van der Waals surface area contributed by atoms with E-state index in [9.17, 15) is 0 Å². The first-order valence-electron chi connectivity index (χ1n) is 8.30. The Kier molecular flexibility index (Phi) is 4.46. The summed E-state index contributed by atoms with van der Waals surface area (Å²) < 4.78 is 5.34. The predicted octanol–water partition coefficient (Wildman–Crippen LogP) is 6.07.